The molecule has 1 amide bonds. The fourth-order valence-electron chi connectivity index (χ4n) is 1.74. The summed E-state index contributed by atoms with van der Waals surface area (Å²) in [5, 5.41) is 2.76. The highest BCUT2D eigenvalue weighted by atomic mass is 79.9. The van der Waals surface area contributed by atoms with Gasteiger partial charge in [0, 0.05) is 5.54 Å². The molecule has 0 radical (unpaired) electrons. The molecule has 0 aliphatic carbocycles. The van der Waals surface area contributed by atoms with Crippen LogP contribution in [0.15, 0.2) is 16.6 Å². The van der Waals surface area contributed by atoms with Crippen molar-refractivity contribution in [1.29, 1.82) is 0 Å². The van der Waals surface area contributed by atoms with Crippen LogP contribution in [0, 0.1) is 0 Å². The summed E-state index contributed by atoms with van der Waals surface area (Å²) < 4.78 is 16.2. The third-order valence-corrected chi connectivity index (χ3v) is 3.61. The van der Waals surface area contributed by atoms with Gasteiger partial charge in [-0.25, -0.2) is 4.79 Å². The van der Waals surface area contributed by atoms with E-state index >= 15 is 0 Å². The highest BCUT2D eigenvalue weighted by Gasteiger charge is 2.24. The molecule has 6 nitrogen and oxygen atoms in total. The van der Waals surface area contributed by atoms with E-state index in [0.717, 1.165) is 0 Å². The molecule has 1 N–H and O–H groups in total. The average molecular weight is 388 g/mol. The number of methoxy groups -OCH3 is 2. The Hall–Kier alpha value is -1.76. The Morgan fingerprint density at radius 2 is 1.61 bits per heavy atom. The van der Waals surface area contributed by atoms with Gasteiger partial charge >= 0.3 is 5.97 Å². The topological polar surface area (TPSA) is 73.9 Å². The van der Waals surface area contributed by atoms with Crippen LogP contribution < -0.4 is 14.8 Å². The van der Waals surface area contributed by atoms with Gasteiger partial charge < -0.3 is 19.5 Å². The van der Waals surface area contributed by atoms with Crippen LogP contribution in [0.5, 0.6) is 11.5 Å². The van der Waals surface area contributed by atoms with Gasteiger partial charge in [-0.05, 0) is 55.8 Å². The molecule has 0 aromatic heterocycles. The van der Waals surface area contributed by atoms with Crippen molar-refractivity contribution < 1.29 is 23.8 Å². The minimum absolute atomic E-state index is 0.234. The lowest BCUT2D eigenvalue weighted by Gasteiger charge is -2.23. The predicted octanol–water partition coefficient (Wildman–Crippen LogP) is 2.93. The first-order valence-electron chi connectivity index (χ1n) is 7.03. The van der Waals surface area contributed by atoms with Crippen LogP contribution in [-0.2, 0) is 9.53 Å². The Bertz CT molecular complexity index is 570. The first kappa shape index (κ1) is 19.3. The molecule has 23 heavy (non-hydrogen) atoms. The highest BCUT2D eigenvalue weighted by Crippen LogP contribution is 2.35. The van der Waals surface area contributed by atoms with E-state index in [1.54, 1.807) is 0 Å². The SMILES string of the molecule is COc1cc(C(=O)OC(C)C(=O)NC(C)(C)C)cc(OC)c1Br. The molecule has 0 aliphatic rings. The first-order valence-corrected chi connectivity index (χ1v) is 7.83. The monoisotopic (exact) mass is 387 g/mol. The lowest BCUT2D eigenvalue weighted by Crippen LogP contribution is -2.46. The van der Waals surface area contributed by atoms with Gasteiger partial charge in [-0.15, -0.1) is 0 Å². The van der Waals surface area contributed by atoms with E-state index in [1.807, 2.05) is 20.8 Å². The summed E-state index contributed by atoms with van der Waals surface area (Å²) in [4.78, 5) is 24.2. The first-order chi connectivity index (χ1) is 10.6. The number of carbonyl (C=O) groups excluding carboxylic acids is 2. The second-order valence-electron chi connectivity index (χ2n) is 5.98. The molecule has 0 spiro atoms. The maximum absolute atomic E-state index is 12.2. The molecule has 1 aromatic rings. The van der Waals surface area contributed by atoms with Gasteiger partial charge in [-0.1, -0.05) is 0 Å². The van der Waals surface area contributed by atoms with E-state index in [4.69, 9.17) is 14.2 Å². The summed E-state index contributed by atoms with van der Waals surface area (Å²) in [7, 11) is 2.96. The van der Waals surface area contributed by atoms with Crippen molar-refractivity contribution in [2.75, 3.05) is 14.2 Å². The smallest absolute Gasteiger partial charge is 0.339 e. The normalized spacial score (nSPS) is 12.3. The number of nitrogens with one attached hydrogen (secondary N) is 1. The molecule has 1 unspecified atom stereocenters. The van der Waals surface area contributed by atoms with Gasteiger partial charge in [0.2, 0.25) is 0 Å². The van der Waals surface area contributed by atoms with Crippen LogP contribution in [0.4, 0.5) is 0 Å². The van der Waals surface area contributed by atoms with Crippen LogP contribution in [-0.4, -0.2) is 37.7 Å². The summed E-state index contributed by atoms with van der Waals surface area (Å²) in [6.45, 7) is 7.07. The minimum Gasteiger partial charge on any atom is -0.495 e. The quantitative estimate of drug-likeness (QED) is 0.786. The van der Waals surface area contributed by atoms with Crippen molar-refractivity contribution in [3.63, 3.8) is 0 Å². The fourth-order valence-corrected chi connectivity index (χ4v) is 2.29. The zero-order chi connectivity index (χ0) is 17.8. The zero-order valence-electron chi connectivity index (χ0n) is 14.2. The largest absolute Gasteiger partial charge is 0.495 e. The molecule has 1 rings (SSSR count). The standard InChI is InChI=1S/C16H22BrNO5/c1-9(14(19)18-16(2,3)4)23-15(20)10-7-11(21-5)13(17)12(8-10)22-6/h7-9H,1-6H3,(H,18,19). The van der Waals surface area contributed by atoms with Crippen molar-refractivity contribution in [1.82, 2.24) is 5.32 Å². The Balaban J connectivity index is 2.92. The fraction of sp³-hybridized carbons (Fsp3) is 0.500. The minimum atomic E-state index is -0.914. The van der Waals surface area contributed by atoms with Gasteiger partial charge in [0.1, 0.15) is 16.0 Å². The molecule has 0 heterocycles. The van der Waals surface area contributed by atoms with E-state index < -0.39 is 17.6 Å². The molecular weight excluding hydrogens is 366 g/mol. The van der Waals surface area contributed by atoms with E-state index in [9.17, 15) is 9.59 Å². The zero-order valence-corrected chi connectivity index (χ0v) is 15.7. The maximum Gasteiger partial charge on any atom is 0.339 e. The number of rotatable bonds is 5. The van der Waals surface area contributed by atoms with Crippen LogP contribution >= 0.6 is 15.9 Å². The Labute approximate surface area is 144 Å². The second kappa shape index (κ2) is 7.68. The molecule has 128 valence electrons. The number of benzene rings is 1. The van der Waals surface area contributed by atoms with Crippen molar-refractivity contribution >= 4 is 27.8 Å². The van der Waals surface area contributed by atoms with Gasteiger partial charge in [0.05, 0.1) is 19.8 Å². The molecule has 1 atom stereocenters. The second-order valence-corrected chi connectivity index (χ2v) is 6.77. The van der Waals surface area contributed by atoms with Crippen LogP contribution in [0.25, 0.3) is 0 Å². The molecule has 7 heteroatoms. The van der Waals surface area contributed by atoms with E-state index in [1.165, 1.54) is 33.3 Å². The summed E-state index contributed by atoms with van der Waals surface area (Å²) in [5.74, 6) is -0.126. The highest BCUT2D eigenvalue weighted by molar-refractivity contribution is 9.10. The van der Waals surface area contributed by atoms with Gasteiger partial charge in [-0.3, -0.25) is 4.79 Å². The van der Waals surface area contributed by atoms with Gasteiger partial charge in [0.15, 0.2) is 6.10 Å². The third kappa shape index (κ3) is 5.42. The van der Waals surface area contributed by atoms with Crippen molar-refractivity contribution in [2.24, 2.45) is 0 Å². The summed E-state index contributed by atoms with van der Waals surface area (Å²) in [6.07, 6.45) is -0.914. The number of hydrogen-bond acceptors (Lipinski definition) is 5. The maximum atomic E-state index is 12.2. The summed E-state index contributed by atoms with van der Waals surface area (Å²) >= 11 is 3.33. The molecule has 0 bridgehead atoms. The number of halogens is 1. The molecular formula is C16H22BrNO5. The average Bonchev–Trinajstić information content (AvgIpc) is 2.45. The van der Waals surface area contributed by atoms with Crippen molar-refractivity contribution in [2.45, 2.75) is 39.3 Å². The van der Waals surface area contributed by atoms with Crippen LogP contribution in [0.1, 0.15) is 38.1 Å². The van der Waals surface area contributed by atoms with Crippen molar-refractivity contribution in [3.05, 3.63) is 22.2 Å². The number of amides is 1. The number of ether oxygens (including phenoxy) is 3. The Morgan fingerprint density at radius 1 is 1.13 bits per heavy atom. The molecule has 0 saturated carbocycles. The van der Waals surface area contributed by atoms with Crippen LogP contribution in [0.3, 0.4) is 0 Å². The van der Waals surface area contributed by atoms with E-state index in [-0.39, 0.29) is 11.5 Å². The van der Waals surface area contributed by atoms with Gasteiger partial charge in [-0.2, -0.15) is 0 Å². The Morgan fingerprint density at radius 3 is 2.00 bits per heavy atom. The number of carbonyl (C=O) groups is 2. The molecule has 0 saturated heterocycles. The third-order valence-electron chi connectivity index (χ3n) is 2.83. The Kier molecular flexibility index (Phi) is 6.44. The number of hydrogen-bond donors (Lipinski definition) is 1. The van der Waals surface area contributed by atoms with Gasteiger partial charge in [0.25, 0.3) is 5.91 Å². The van der Waals surface area contributed by atoms with E-state index in [0.29, 0.717) is 16.0 Å². The van der Waals surface area contributed by atoms with Crippen molar-refractivity contribution in [3.8, 4) is 11.5 Å². The molecule has 1 aromatic carbocycles. The number of esters is 1. The summed E-state index contributed by atoms with van der Waals surface area (Å²) in [6, 6.07) is 3.03. The van der Waals surface area contributed by atoms with Crippen LogP contribution in [0.2, 0.25) is 0 Å². The van der Waals surface area contributed by atoms with E-state index in [2.05, 4.69) is 21.2 Å². The summed E-state index contributed by atoms with van der Waals surface area (Å²) in [5.41, 5.74) is -0.167. The molecule has 0 fully saturated rings. The lowest BCUT2D eigenvalue weighted by atomic mass is 10.1. The molecule has 0 aliphatic heterocycles. The lowest BCUT2D eigenvalue weighted by molar-refractivity contribution is -0.130. The predicted molar refractivity (Wildman–Crippen MR) is 90.0 cm³/mol.